The summed E-state index contributed by atoms with van der Waals surface area (Å²) in [4.78, 5) is 8.84. The maximum atomic E-state index is 5.99. The van der Waals surface area contributed by atoms with Gasteiger partial charge in [0, 0.05) is 17.1 Å². The van der Waals surface area contributed by atoms with Gasteiger partial charge in [0.15, 0.2) is 0 Å². The van der Waals surface area contributed by atoms with E-state index in [4.69, 9.17) is 16.3 Å². The van der Waals surface area contributed by atoms with Crippen LogP contribution in [0.25, 0.3) is 11.0 Å². The summed E-state index contributed by atoms with van der Waals surface area (Å²) < 4.78 is 5.85. The monoisotopic (exact) mass is 303 g/mol. The van der Waals surface area contributed by atoms with E-state index < -0.39 is 0 Å². The summed E-state index contributed by atoms with van der Waals surface area (Å²) in [5, 5.41) is 4.32. The Balaban J connectivity index is 1.47. The van der Waals surface area contributed by atoms with Crippen LogP contribution >= 0.6 is 11.6 Å². The quantitative estimate of drug-likeness (QED) is 0.947. The highest BCUT2D eigenvalue weighted by Gasteiger charge is 2.43. The number of aromatic nitrogens is 2. The minimum atomic E-state index is 0.416. The molecule has 2 saturated heterocycles. The minimum absolute atomic E-state index is 0.416. The van der Waals surface area contributed by atoms with E-state index in [1.54, 1.807) is 6.20 Å². The maximum Gasteiger partial charge on any atom is 0.232 e. The molecule has 0 spiro atoms. The van der Waals surface area contributed by atoms with Crippen molar-refractivity contribution < 1.29 is 4.74 Å². The van der Waals surface area contributed by atoms with Crippen LogP contribution in [0.15, 0.2) is 24.4 Å². The zero-order chi connectivity index (χ0) is 14.4. The SMILES string of the molecule is CC1C2CC(C2)NC1COc1cnc2ccc(Cl)cc2n1. The Morgan fingerprint density at radius 2 is 2.19 bits per heavy atom. The van der Waals surface area contributed by atoms with Crippen molar-refractivity contribution in [1.29, 1.82) is 0 Å². The number of hydrogen-bond acceptors (Lipinski definition) is 4. The first-order valence-corrected chi connectivity index (χ1v) is 7.88. The Morgan fingerprint density at radius 3 is 3.00 bits per heavy atom. The number of piperidine rings is 2. The number of nitrogens with one attached hydrogen (secondary N) is 1. The predicted molar refractivity (Wildman–Crippen MR) is 82.6 cm³/mol. The molecule has 2 aromatic rings. The van der Waals surface area contributed by atoms with E-state index in [2.05, 4.69) is 22.2 Å². The molecule has 110 valence electrons. The number of ether oxygens (including phenoxy) is 1. The van der Waals surface area contributed by atoms with E-state index in [1.165, 1.54) is 12.8 Å². The van der Waals surface area contributed by atoms with Gasteiger partial charge >= 0.3 is 0 Å². The second kappa shape index (κ2) is 5.11. The van der Waals surface area contributed by atoms with Crippen LogP contribution in [0.4, 0.5) is 0 Å². The molecule has 3 heterocycles. The van der Waals surface area contributed by atoms with Crippen LogP contribution in [0.5, 0.6) is 5.88 Å². The highest BCUT2D eigenvalue weighted by Crippen LogP contribution is 2.40. The van der Waals surface area contributed by atoms with E-state index in [-0.39, 0.29) is 0 Å². The second-order valence-electron chi connectivity index (χ2n) is 6.21. The molecule has 0 amide bonds. The van der Waals surface area contributed by atoms with E-state index >= 15 is 0 Å². The summed E-state index contributed by atoms with van der Waals surface area (Å²) in [5.74, 6) is 2.10. The molecule has 2 unspecified atom stereocenters. The van der Waals surface area contributed by atoms with Crippen LogP contribution in [0, 0.1) is 11.8 Å². The Morgan fingerprint density at radius 1 is 1.33 bits per heavy atom. The molecule has 1 saturated carbocycles. The van der Waals surface area contributed by atoms with Gasteiger partial charge in [0.1, 0.15) is 6.61 Å². The van der Waals surface area contributed by atoms with Crippen LogP contribution in [-0.4, -0.2) is 28.7 Å². The van der Waals surface area contributed by atoms with Gasteiger partial charge in [-0.2, -0.15) is 0 Å². The molecule has 3 fully saturated rings. The first kappa shape index (κ1) is 13.3. The number of nitrogens with zero attached hydrogens (tertiary/aromatic N) is 2. The van der Waals surface area contributed by atoms with Gasteiger partial charge in [-0.25, -0.2) is 9.97 Å². The molecular weight excluding hydrogens is 286 g/mol. The average Bonchev–Trinajstić information content (AvgIpc) is 2.44. The van der Waals surface area contributed by atoms with Gasteiger partial charge in [0.2, 0.25) is 5.88 Å². The van der Waals surface area contributed by atoms with Crippen molar-refractivity contribution in [3.8, 4) is 5.88 Å². The van der Waals surface area contributed by atoms with Gasteiger partial charge in [-0.15, -0.1) is 0 Å². The van der Waals surface area contributed by atoms with Crippen LogP contribution in [0.2, 0.25) is 5.02 Å². The van der Waals surface area contributed by atoms with Crippen molar-refractivity contribution >= 4 is 22.6 Å². The molecule has 1 aliphatic carbocycles. The van der Waals surface area contributed by atoms with Crippen molar-refractivity contribution in [2.24, 2.45) is 11.8 Å². The third-order valence-electron chi connectivity index (χ3n) is 4.90. The van der Waals surface area contributed by atoms with Gasteiger partial charge in [-0.1, -0.05) is 18.5 Å². The second-order valence-corrected chi connectivity index (χ2v) is 6.65. The lowest BCUT2D eigenvalue weighted by molar-refractivity contribution is 0.0326. The van der Waals surface area contributed by atoms with Gasteiger partial charge < -0.3 is 10.1 Å². The lowest BCUT2D eigenvalue weighted by atomic mass is 9.66. The highest BCUT2D eigenvalue weighted by molar-refractivity contribution is 6.31. The summed E-state index contributed by atoms with van der Waals surface area (Å²) in [5.41, 5.74) is 1.60. The lowest BCUT2D eigenvalue weighted by Gasteiger charge is -2.50. The summed E-state index contributed by atoms with van der Waals surface area (Å²) >= 11 is 5.99. The largest absolute Gasteiger partial charge is 0.475 e. The maximum absolute atomic E-state index is 5.99. The van der Waals surface area contributed by atoms with E-state index in [9.17, 15) is 0 Å². The number of halogens is 1. The van der Waals surface area contributed by atoms with Crippen LogP contribution in [0.1, 0.15) is 19.8 Å². The van der Waals surface area contributed by atoms with Crippen LogP contribution < -0.4 is 10.1 Å². The molecule has 4 nitrogen and oxygen atoms in total. The number of fused-ring (bicyclic) bond motifs is 3. The topological polar surface area (TPSA) is 47.0 Å². The molecule has 21 heavy (non-hydrogen) atoms. The third-order valence-corrected chi connectivity index (χ3v) is 5.13. The molecule has 5 heteroatoms. The molecule has 1 aromatic heterocycles. The molecule has 2 bridgehead atoms. The fraction of sp³-hybridized carbons (Fsp3) is 0.500. The van der Waals surface area contributed by atoms with E-state index in [0.717, 1.165) is 17.0 Å². The first-order chi connectivity index (χ1) is 10.2. The van der Waals surface area contributed by atoms with E-state index in [0.29, 0.717) is 35.5 Å². The average molecular weight is 304 g/mol. The minimum Gasteiger partial charge on any atom is -0.475 e. The summed E-state index contributed by atoms with van der Waals surface area (Å²) in [6, 6.07) is 6.61. The van der Waals surface area contributed by atoms with Gasteiger partial charge in [0.25, 0.3) is 0 Å². The Labute approximate surface area is 128 Å². The standard InChI is InChI=1S/C16H18ClN3O/c1-9-10-4-12(5-10)19-15(9)8-21-16-7-18-13-3-2-11(17)6-14(13)20-16/h2-3,6-7,9-10,12,15,19H,4-5,8H2,1H3. The first-order valence-electron chi connectivity index (χ1n) is 7.50. The molecule has 3 aliphatic rings. The molecule has 0 radical (unpaired) electrons. The molecular formula is C16H18ClN3O. The number of benzene rings is 1. The molecule has 1 aromatic carbocycles. The van der Waals surface area contributed by atoms with Gasteiger partial charge in [-0.05, 0) is 42.9 Å². The number of rotatable bonds is 3. The van der Waals surface area contributed by atoms with Crippen LogP contribution in [-0.2, 0) is 0 Å². The number of hydrogen-bond donors (Lipinski definition) is 1. The fourth-order valence-corrected chi connectivity index (χ4v) is 3.59. The zero-order valence-corrected chi connectivity index (χ0v) is 12.7. The summed E-state index contributed by atoms with van der Waals surface area (Å²) in [7, 11) is 0. The zero-order valence-electron chi connectivity index (χ0n) is 11.9. The van der Waals surface area contributed by atoms with Crippen molar-refractivity contribution in [2.45, 2.75) is 31.8 Å². The normalized spacial score (nSPS) is 31.0. The lowest BCUT2D eigenvalue weighted by Crippen LogP contribution is -2.60. The Kier molecular flexibility index (Phi) is 3.23. The van der Waals surface area contributed by atoms with E-state index in [1.807, 2.05) is 18.2 Å². The highest BCUT2D eigenvalue weighted by atomic mass is 35.5. The summed E-state index contributed by atoms with van der Waals surface area (Å²) in [6.45, 7) is 2.96. The van der Waals surface area contributed by atoms with Crippen molar-refractivity contribution in [3.05, 3.63) is 29.4 Å². The Hall–Kier alpha value is -1.39. The molecule has 5 rings (SSSR count). The van der Waals surface area contributed by atoms with Crippen molar-refractivity contribution in [3.63, 3.8) is 0 Å². The predicted octanol–water partition coefficient (Wildman–Crippen LogP) is 3.05. The van der Waals surface area contributed by atoms with Crippen molar-refractivity contribution in [1.82, 2.24) is 15.3 Å². The Bertz CT molecular complexity index is 672. The molecule has 2 atom stereocenters. The molecule has 1 N–H and O–H groups in total. The third kappa shape index (κ3) is 2.47. The van der Waals surface area contributed by atoms with Crippen LogP contribution in [0.3, 0.4) is 0 Å². The van der Waals surface area contributed by atoms with Gasteiger partial charge in [0.05, 0.1) is 17.2 Å². The molecule has 2 aliphatic heterocycles. The van der Waals surface area contributed by atoms with Crippen molar-refractivity contribution in [2.75, 3.05) is 6.61 Å². The fourth-order valence-electron chi connectivity index (χ4n) is 3.42. The van der Waals surface area contributed by atoms with Gasteiger partial charge in [-0.3, -0.25) is 0 Å². The summed E-state index contributed by atoms with van der Waals surface area (Å²) in [6.07, 6.45) is 4.34. The smallest absolute Gasteiger partial charge is 0.232 e.